The monoisotopic (exact) mass is 230 g/mol. The van der Waals surface area contributed by atoms with Crippen LogP contribution in [-0.2, 0) is 11.2 Å². The largest absolute Gasteiger partial charge is 0.462 e. The second-order valence-electron chi connectivity index (χ2n) is 3.63. The Morgan fingerprint density at radius 3 is 3.06 bits per heavy atom. The number of hydrogen-bond acceptors (Lipinski definition) is 3. The number of aromatic nitrogens is 2. The predicted octanol–water partition coefficient (Wildman–Crippen LogP) is 2.18. The number of ether oxygens (including phenoxy) is 1. The van der Waals surface area contributed by atoms with Crippen molar-refractivity contribution in [1.29, 1.82) is 0 Å². The molecule has 1 N–H and O–H groups in total. The highest BCUT2D eigenvalue weighted by molar-refractivity contribution is 5.89. The molecular formula is C13H14N2O2. The van der Waals surface area contributed by atoms with Gasteiger partial charge in [0.05, 0.1) is 12.2 Å². The molecule has 0 saturated carbocycles. The van der Waals surface area contributed by atoms with Crippen LogP contribution in [0.15, 0.2) is 36.7 Å². The topological polar surface area (TPSA) is 55.0 Å². The van der Waals surface area contributed by atoms with E-state index >= 15 is 0 Å². The Labute approximate surface area is 99.7 Å². The van der Waals surface area contributed by atoms with E-state index in [0.29, 0.717) is 18.6 Å². The summed E-state index contributed by atoms with van der Waals surface area (Å²) in [6.45, 7) is 2.19. The molecule has 0 unspecified atom stereocenters. The molecule has 0 fully saturated rings. The van der Waals surface area contributed by atoms with Crippen LogP contribution in [-0.4, -0.2) is 22.5 Å². The number of imidazole rings is 1. The molecule has 4 heteroatoms. The van der Waals surface area contributed by atoms with Crippen molar-refractivity contribution in [3.63, 3.8) is 0 Å². The van der Waals surface area contributed by atoms with E-state index in [1.165, 1.54) is 0 Å². The molecule has 17 heavy (non-hydrogen) atoms. The fourth-order valence-electron chi connectivity index (χ4n) is 1.61. The summed E-state index contributed by atoms with van der Waals surface area (Å²) in [5.74, 6) is 0.597. The Balaban J connectivity index is 2.14. The molecule has 2 rings (SSSR count). The van der Waals surface area contributed by atoms with Gasteiger partial charge in [0, 0.05) is 18.8 Å². The molecule has 4 nitrogen and oxygen atoms in total. The zero-order valence-electron chi connectivity index (χ0n) is 9.64. The van der Waals surface area contributed by atoms with Gasteiger partial charge in [-0.05, 0) is 24.6 Å². The molecule has 0 aliphatic carbocycles. The van der Waals surface area contributed by atoms with E-state index in [1.807, 2.05) is 18.2 Å². The zero-order valence-corrected chi connectivity index (χ0v) is 9.64. The van der Waals surface area contributed by atoms with Crippen molar-refractivity contribution in [3.8, 4) is 0 Å². The molecule has 0 bridgehead atoms. The van der Waals surface area contributed by atoms with Gasteiger partial charge in [0.1, 0.15) is 5.82 Å². The van der Waals surface area contributed by atoms with Gasteiger partial charge in [-0.15, -0.1) is 0 Å². The maximum absolute atomic E-state index is 11.6. The van der Waals surface area contributed by atoms with E-state index in [1.54, 1.807) is 25.4 Å². The van der Waals surface area contributed by atoms with E-state index in [2.05, 4.69) is 9.97 Å². The standard InChI is InChI=1S/C13H14N2O2/c1-2-17-13(16)11-5-3-4-10(8-11)9-12-14-6-7-15-12/h3-8H,2,9H2,1H3,(H,14,15). The molecule has 1 aromatic carbocycles. The third-order valence-corrected chi connectivity index (χ3v) is 2.36. The number of rotatable bonds is 4. The molecule has 0 atom stereocenters. The zero-order chi connectivity index (χ0) is 12.1. The average molecular weight is 230 g/mol. The van der Waals surface area contributed by atoms with Crippen molar-refractivity contribution >= 4 is 5.97 Å². The first-order chi connectivity index (χ1) is 8.29. The van der Waals surface area contributed by atoms with Crippen molar-refractivity contribution in [2.75, 3.05) is 6.61 Å². The highest BCUT2D eigenvalue weighted by atomic mass is 16.5. The highest BCUT2D eigenvalue weighted by Gasteiger charge is 2.07. The number of benzene rings is 1. The van der Waals surface area contributed by atoms with E-state index in [0.717, 1.165) is 11.4 Å². The number of H-pyrrole nitrogens is 1. The molecule has 0 amide bonds. The maximum atomic E-state index is 11.6. The molecule has 1 heterocycles. The second-order valence-corrected chi connectivity index (χ2v) is 3.63. The molecule has 2 aromatic rings. The van der Waals surface area contributed by atoms with Gasteiger partial charge < -0.3 is 9.72 Å². The number of carbonyl (C=O) groups excluding carboxylic acids is 1. The third kappa shape index (κ3) is 2.93. The van der Waals surface area contributed by atoms with Crippen LogP contribution < -0.4 is 0 Å². The molecule has 0 aliphatic rings. The van der Waals surface area contributed by atoms with Crippen LogP contribution in [0.3, 0.4) is 0 Å². The van der Waals surface area contributed by atoms with Gasteiger partial charge >= 0.3 is 5.97 Å². The van der Waals surface area contributed by atoms with Crippen LogP contribution in [0.5, 0.6) is 0 Å². The number of aromatic amines is 1. The van der Waals surface area contributed by atoms with Crippen molar-refractivity contribution in [1.82, 2.24) is 9.97 Å². The molecule has 88 valence electrons. The molecular weight excluding hydrogens is 216 g/mol. The summed E-state index contributed by atoms with van der Waals surface area (Å²) in [6, 6.07) is 7.40. The number of esters is 1. The van der Waals surface area contributed by atoms with Gasteiger partial charge in [0.25, 0.3) is 0 Å². The minimum absolute atomic E-state index is 0.284. The van der Waals surface area contributed by atoms with Gasteiger partial charge in [-0.1, -0.05) is 12.1 Å². The highest BCUT2D eigenvalue weighted by Crippen LogP contribution is 2.10. The lowest BCUT2D eigenvalue weighted by Crippen LogP contribution is -2.05. The van der Waals surface area contributed by atoms with Crippen molar-refractivity contribution in [3.05, 3.63) is 53.6 Å². The number of hydrogen-bond donors (Lipinski definition) is 1. The Bertz CT molecular complexity index is 492. The first kappa shape index (κ1) is 11.4. The first-order valence-electron chi connectivity index (χ1n) is 5.54. The van der Waals surface area contributed by atoms with Crippen LogP contribution in [0, 0.1) is 0 Å². The normalized spacial score (nSPS) is 10.2. The minimum Gasteiger partial charge on any atom is -0.462 e. The summed E-state index contributed by atoms with van der Waals surface area (Å²) < 4.78 is 4.96. The summed E-state index contributed by atoms with van der Waals surface area (Å²) in [7, 11) is 0. The van der Waals surface area contributed by atoms with Crippen molar-refractivity contribution in [2.24, 2.45) is 0 Å². The van der Waals surface area contributed by atoms with Gasteiger partial charge in [-0.25, -0.2) is 9.78 Å². The Kier molecular flexibility index (Phi) is 3.55. The van der Waals surface area contributed by atoms with Gasteiger partial charge in [-0.3, -0.25) is 0 Å². The van der Waals surface area contributed by atoms with E-state index in [4.69, 9.17) is 4.74 Å². The first-order valence-corrected chi connectivity index (χ1v) is 5.54. The van der Waals surface area contributed by atoms with Crippen LogP contribution in [0.2, 0.25) is 0 Å². The van der Waals surface area contributed by atoms with Gasteiger partial charge in [-0.2, -0.15) is 0 Å². The lowest BCUT2D eigenvalue weighted by Gasteiger charge is -2.04. The van der Waals surface area contributed by atoms with Gasteiger partial charge in [0.2, 0.25) is 0 Å². The third-order valence-electron chi connectivity index (χ3n) is 2.36. The summed E-state index contributed by atoms with van der Waals surface area (Å²) in [5, 5.41) is 0. The minimum atomic E-state index is -0.284. The average Bonchev–Trinajstić information content (AvgIpc) is 2.82. The second kappa shape index (κ2) is 5.30. The lowest BCUT2D eigenvalue weighted by molar-refractivity contribution is 0.0526. The summed E-state index contributed by atoms with van der Waals surface area (Å²) in [5.41, 5.74) is 1.61. The van der Waals surface area contributed by atoms with Crippen LogP contribution >= 0.6 is 0 Å². The van der Waals surface area contributed by atoms with E-state index < -0.39 is 0 Å². The van der Waals surface area contributed by atoms with Crippen LogP contribution in [0.4, 0.5) is 0 Å². The van der Waals surface area contributed by atoms with Crippen LogP contribution in [0.1, 0.15) is 28.7 Å². The Morgan fingerprint density at radius 1 is 1.47 bits per heavy atom. The summed E-state index contributed by atoms with van der Waals surface area (Å²) in [4.78, 5) is 18.7. The quantitative estimate of drug-likeness (QED) is 0.819. The summed E-state index contributed by atoms with van der Waals surface area (Å²) in [6.07, 6.45) is 4.18. The molecule has 0 aliphatic heterocycles. The number of nitrogens with one attached hydrogen (secondary N) is 1. The molecule has 0 spiro atoms. The van der Waals surface area contributed by atoms with Gasteiger partial charge in [0.15, 0.2) is 0 Å². The van der Waals surface area contributed by atoms with Crippen molar-refractivity contribution in [2.45, 2.75) is 13.3 Å². The van der Waals surface area contributed by atoms with E-state index in [-0.39, 0.29) is 5.97 Å². The maximum Gasteiger partial charge on any atom is 0.338 e. The number of nitrogens with zero attached hydrogens (tertiary/aromatic N) is 1. The smallest absolute Gasteiger partial charge is 0.338 e. The van der Waals surface area contributed by atoms with Crippen molar-refractivity contribution < 1.29 is 9.53 Å². The molecule has 0 radical (unpaired) electrons. The fraction of sp³-hybridized carbons (Fsp3) is 0.231. The Hall–Kier alpha value is -2.10. The van der Waals surface area contributed by atoms with E-state index in [9.17, 15) is 4.79 Å². The molecule has 0 saturated heterocycles. The van der Waals surface area contributed by atoms with Crippen LogP contribution in [0.25, 0.3) is 0 Å². The lowest BCUT2D eigenvalue weighted by atomic mass is 10.1. The Morgan fingerprint density at radius 2 is 2.35 bits per heavy atom. The molecule has 1 aromatic heterocycles. The predicted molar refractivity (Wildman–Crippen MR) is 63.8 cm³/mol. The summed E-state index contributed by atoms with van der Waals surface area (Å²) >= 11 is 0. The fourth-order valence-corrected chi connectivity index (χ4v) is 1.61. The SMILES string of the molecule is CCOC(=O)c1cccc(Cc2ncc[nH]2)c1. The number of carbonyl (C=O) groups is 1.